The molecule has 0 N–H and O–H groups in total. The molecular formula is C14H22S. The second-order valence-corrected chi connectivity index (χ2v) is 4.87. The summed E-state index contributed by atoms with van der Waals surface area (Å²) >= 11 is 2.02. The van der Waals surface area contributed by atoms with Crippen LogP contribution in [-0.2, 0) is 12.8 Å². The van der Waals surface area contributed by atoms with Crippen molar-refractivity contribution in [2.75, 3.05) is 5.75 Å². The molecule has 0 radical (unpaired) electrons. The van der Waals surface area contributed by atoms with Gasteiger partial charge in [0.2, 0.25) is 0 Å². The minimum Gasteiger partial charge on any atom is -0.126 e. The quantitative estimate of drug-likeness (QED) is 0.703. The first kappa shape index (κ1) is 12.6. The first-order valence-electron chi connectivity index (χ1n) is 6.06. The van der Waals surface area contributed by atoms with Gasteiger partial charge in [-0.25, -0.2) is 0 Å². The lowest BCUT2D eigenvalue weighted by Crippen LogP contribution is -1.91. The predicted molar refractivity (Wildman–Crippen MR) is 71.0 cm³/mol. The molecule has 0 nitrogen and oxygen atoms in total. The molecule has 0 amide bonds. The summed E-state index contributed by atoms with van der Waals surface area (Å²) in [4.78, 5) is 1.54. The molecule has 84 valence electrons. The van der Waals surface area contributed by atoms with Crippen molar-refractivity contribution < 1.29 is 0 Å². The molecular weight excluding hydrogens is 200 g/mol. The Bertz CT molecular complexity index is 315. The van der Waals surface area contributed by atoms with Crippen molar-refractivity contribution >= 4 is 11.8 Å². The summed E-state index contributed by atoms with van der Waals surface area (Å²) in [6.45, 7) is 8.49. The van der Waals surface area contributed by atoms with Gasteiger partial charge in [0.25, 0.3) is 0 Å². The number of aryl methyl sites for hydroxylation is 3. The van der Waals surface area contributed by atoms with E-state index in [1.807, 2.05) is 25.6 Å². The molecule has 1 aliphatic heterocycles. The number of rotatable bonds is 2. The lowest BCUT2D eigenvalue weighted by Gasteiger charge is -2.07. The Labute approximate surface area is 98.5 Å². The highest BCUT2D eigenvalue weighted by Gasteiger charge is 2.12. The van der Waals surface area contributed by atoms with Crippen LogP contribution in [0.3, 0.4) is 0 Å². The van der Waals surface area contributed by atoms with E-state index in [0.717, 1.165) is 0 Å². The molecule has 0 unspecified atom stereocenters. The zero-order valence-electron chi connectivity index (χ0n) is 10.4. The van der Waals surface area contributed by atoms with E-state index >= 15 is 0 Å². The second kappa shape index (κ2) is 6.22. The standard InChI is InChI=1S/C12H16S.C2H6/c1-3-4-10-8-12-11(5-6-13-12)7-9(10)2;1-2/h7-8H,3-6H2,1-2H3;1-2H3. The van der Waals surface area contributed by atoms with Crippen molar-refractivity contribution in [2.45, 2.75) is 51.9 Å². The van der Waals surface area contributed by atoms with Crippen LogP contribution >= 0.6 is 11.8 Å². The first-order chi connectivity index (χ1) is 7.31. The van der Waals surface area contributed by atoms with Gasteiger partial charge in [-0.1, -0.05) is 33.3 Å². The molecule has 0 bridgehead atoms. The van der Waals surface area contributed by atoms with Crippen molar-refractivity contribution in [2.24, 2.45) is 0 Å². The number of thioether (sulfide) groups is 1. The Morgan fingerprint density at radius 1 is 1.27 bits per heavy atom. The zero-order valence-corrected chi connectivity index (χ0v) is 11.2. The first-order valence-corrected chi connectivity index (χ1v) is 7.05. The van der Waals surface area contributed by atoms with Crippen molar-refractivity contribution in [3.05, 3.63) is 28.8 Å². The van der Waals surface area contributed by atoms with Crippen LogP contribution in [-0.4, -0.2) is 5.75 Å². The highest BCUT2D eigenvalue weighted by atomic mass is 32.2. The van der Waals surface area contributed by atoms with Gasteiger partial charge in [-0.2, -0.15) is 0 Å². The molecule has 1 aromatic carbocycles. The predicted octanol–water partition coefficient (Wildman–Crippen LogP) is 4.62. The van der Waals surface area contributed by atoms with Gasteiger partial charge in [0, 0.05) is 10.6 Å². The Balaban J connectivity index is 0.000000531. The van der Waals surface area contributed by atoms with Gasteiger partial charge in [-0.15, -0.1) is 11.8 Å². The molecule has 0 saturated carbocycles. The van der Waals surface area contributed by atoms with Gasteiger partial charge in [0.15, 0.2) is 0 Å². The van der Waals surface area contributed by atoms with E-state index in [9.17, 15) is 0 Å². The number of hydrogen-bond donors (Lipinski definition) is 0. The summed E-state index contributed by atoms with van der Waals surface area (Å²) < 4.78 is 0. The van der Waals surface area contributed by atoms with E-state index in [-0.39, 0.29) is 0 Å². The number of fused-ring (bicyclic) bond motifs is 1. The molecule has 1 aliphatic rings. The highest BCUT2D eigenvalue weighted by Crippen LogP contribution is 2.33. The normalized spacial score (nSPS) is 13.1. The molecule has 15 heavy (non-hydrogen) atoms. The van der Waals surface area contributed by atoms with Crippen LogP contribution in [0.2, 0.25) is 0 Å². The molecule has 2 rings (SSSR count). The molecule has 0 saturated heterocycles. The van der Waals surface area contributed by atoms with E-state index < -0.39 is 0 Å². The fourth-order valence-electron chi connectivity index (χ4n) is 1.93. The highest BCUT2D eigenvalue weighted by molar-refractivity contribution is 7.99. The maximum Gasteiger partial charge on any atom is 0.0107 e. The van der Waals surface area contributed by atoms with Crippen LogP contribution in [0.4, 0.5) is 0 Å². The van der Waals surface area contributed by atoms with Gasteiger partial charge < -0.3 is 0 Å². The van der Waals surface area contributed by atoms with Crippen LogP contribution in [0.15, 0.2) is 17.0 Å². The molecule has 1 heteroatoms. The van der Waals surface area contributed by atoms with Crippen LogP contribution in [0.5, 0.6) is 0 Å². The lowest BCUT2D eigenvalue weighted by atomic mass is 10.0. The largest absolute Gasteiger partial charge is 0.126 e. The second-order valence-electron chi connectivity index (χ2n) is 3.73. The summed E-state index contributed by atoms with van der Waals surface area (Å²) in [6.07, 6.45) is 3.76. The van der Waals surface area contributed by atoms with E-state index in [4.69, 9.17) is 0 Å². The average Bonchev–Trinajstić information content (AvgIpc) is 2.69. The van der Waals surface area contributed by atoms with Gasteiger partial charge in [0.1, 0.15) is 0 Å². The number of hydrogen-bond acceptors (Lipinski definition) is 1. The molecule has 0 fully saturated rings. The topological polar surface area (TPSA) is 0 Å². The van der Waals surface area contributed by atoms with E-state index in [0.29, 0.717) is 0 Å². The SMILES string of the molecule is CC.CCCc1cc2c(cc1C)CCS2. The molecule has 0 aromatic heterocycles. The Kier molecular flexibility index (Phi) is 5.24. The molecule has 1 aromatic rings. The van der Waals surface area contributed by atoms with Crippen molar-refractivity contribution in [1.29, 1.82) is 0 Å². The van der Waals surface area contributed by atoms with Gasteiger partial charge in [0.05, 0.1) is 0 Å². The van der Waals surface area contributed by atoms with E-state index in [1.54, 1.807) is 11.1 Å². The molecule has 0 atom stereocenters. The summed E-state index contributed by atoms with van der Waals surface area (Å²) in [5.41, 5.74) is 4.61. The third-order valence-electron chi connectivity index (χ3n) is 2.67. The molecule has 0 aliphatic carbocycles. The van der Waals surface area contributed by atoms with Crippen LogP contribution in [0, 0.1) is 6.92 Å². The lowest BCUT2D eigenvalue weighted by molar-refractivity contribution is 0.905. The minimum atomic E-state index is 1.24. The number of benzene rings is 1. The summed E-state index contributed by atoms with van der Waals surface area (Å²) in [5.74, 6) is 1.28. The van der Waals surface area contributed by atoms with Crippen LogP contribution < -0.4 is 0 Å². The Morgan fingerprint density at radius 2 is 2.00 bits per heavy atom. The third-order valence-corrected chi connectivity index (χ3v) is 3.77. The molecule has 0 spiro atoms. The minimum absolute atomic E-state index is 1.24. The fraction of sp³-hybridized carbons (Fsp3) is 0.571. The summed E-state index contributed by atoms with van der Waals surface area (Å²) in [5, 5.41) is 0. The fourth-order valence-corrected chi connectivity index (χ4v) is 3.04. The molecule has 1 heterocycles. The van der Waals surface area contributed by atoms with Gasteiger partial charge in [-0.05, 0) is 42.5 Å². The Hall–Kier alpha value is -0.430. The Morgan fingerprint density at radius 3 is 2.67 bits per heavy atom. The summed E-state index contributed by atoms with van der Waals surface area (Å²) in [6, 6.07) is 4.80. The smallest absolute Gasteiger partial charge is 0.0107 e. The maximum absolute atomic E-state index is 2.41. The average molecular weight is 222 g/mol. The van der Waals surface area contributed by atoms with Crippen molar-refractivity contribution in [3.8, 4) is 0 Å². The van der Waals surface area contributed by atoms with E-state index in [2.05, 4.69) is 26.0 Å². The van der Waals surface area contributed by atoms with Gasteiger partial charge >= 0.3 is 0 Å². The van der Waals surface area contributed by atoms with Crippen molar-refractivity contribution in [3.63, 3.8) is 0 Å². The monoisotopic (exact) mass is 222 g/mol. The van der Waals surface area contributed by atoms with Crippen LogP contribution in [0.25, 0.3) is 0 Å². The zero-order chi connectivity index (χ0) is 11.3. The summed E-state index contributed by atoms with van der Waals surface area (Å²) in [7, 11) is 0. The van der Waals surface area contributed by atoms with Gasteiger partial charge in [-0.3, -0.25) is 0 Å². The van der Waals surface area contributed by atoms with Crippen LogP contribution in [0.1, 0.15) is 43.9 Å². The maximum atomic E-state index is 2.41. The van der Waals surface area contributed by atoms with Crippen molar-refractivity contribution in [1.82, 2.24) is 0 Å². The third kappa shape index (κ3) is 3.01. The van der Waals surface area contributed by atoms with E-state index in [1.165, 1.54) is 35.5 Å².